The summed E-state index contributed by atoms with van der Waals surface area (Å²) < 4.78 is 24.1. The average molecular weight is 277 g/mol. The summed E-state index contributed by atoms with van der Waals surface area (Å²) in [4.78, 5) is 14.8. The van der Waals surface area contributed by atoms with Crippen molar-refractivity contribution in [1.29, 1.82) is 0 Å². The van der Waals surface area contributed by atoms with Gasteiger partial charge in [-0.25, -0.2) is 9.18 Å². The Morgan fingerprint density at radius 3 is 2.70 bits per heavy atom. The highest BCUT2D eigenvalue weighted by molar-refractivity contribution is 5.88. The van der Waals surface area contributed by atoms with Crippen molar-refractivity contribution in [2.24, 2.45) is 0 Å². The van der Waals surface area contributed by atoms with Crippen LogP contribution in [0.15, 0.2) is 36.4 Å². The molecule has 0 aliphatic rings. The van der Waals surface area contributed by atoms with E-state index in [0.717, 1.165) is 12.1 Å². The largest absolute Gasteiger partial charge is 0.478 e. The summed E-state index contributed by atoms with van der Waals surface area (Å²) in [6.45, 7) is 2.30. The molecule has 0 unspecified atom stereocenters. The summed E-state index contributed by atoms with van der Waals surface area (Å²) in [6, 6.07) is 8.45. The minimum absolute atomic E-state index is 0.161. The minimum atomic E-state index is -1.33. The first-order valence-electron chi connectivity index (χ1n) is 5.90. The van der Waals surface area contributed by atoms with Crippen LogP contribution >= 0.6 is 0 Å². The van der Waals surface area contributed by atoms with Gasteiger partial charge in [0, 0.05) is 18.2 Å². The average Bonchev–Trinajstić information content (AvgIpc) is 2.39. The van der Waals surface area contributed by atoms with Crippen LogP contribution < -0.4 is 9.47 Å². The van der Waals surface area contributed by atoms with Gasteiger partial charge in [-0.05, 0) is 19.1 Å². The van der Waals surface area contributed by atoms with Gasteiger partial charge in [0.1, 0.15) is 11.6 Å². The third-order valence-corrected chi connectivity index (χ3v) is 2.38. The molecule has 1 aromatic heterocycles. The number of hydrogen-bond acceptors (Lipinski definition) is 4. The molecular formula is C14H12FNO4. The van der Waals surface area contributed by atoms with Gasteiger partial charge in [-0.1, -0.05) is 6.07 Å². The van der Waals surface area contributed by atoms with Crippen molar-refractivity contribution in [3.05, 3.63) is 47.8 Å². The molecule has 2 aromatic rings. The Hall–Kier alpha value is -2.63. The summed E-state index contributed by atoms with van der Waals surface area (Å²) in [5.41, 5.74) is -0.409. The van der Waals surface area contributed by atoms with E-state index in [2.05, 4.69) is 4.98 Å². The Labute approximate surface area is 114 Å². The van der Waals surface area contributed by atoms with Crippen molar-refractivity contribution < 1.29 is 23.8 Å². The third kappa shape index (κ3) is 3.23. The van der Waals surface area contributed by atoms with E-state index < -0.39 is 17.3 Å². The quantitative estimate of drug-likeness (QED) is 0.909. The number of carboxylic acid groups (broad SMARTS) is 1. The Kier molecular flexibility index (Phi) is 4.14. The smallest absolute Gasteiger partial charge is 0.338 e. The molecule has 0 aliphatic carbocycles. The number of ether oxygens (including phenoxy) is 2. The fraction of sp³-hybridized carbons (Fsp3) is 0.143. The van der Waals surface area contributed by atoms with E-state index in [1.165, 1.54) is 6.07 Å². The maximum Gasteiger partial charge on any atom is 0.338 e. The van der Waals surface area contributed by atoms with Gasteiger partial charge < -0.3 is 14.6 Å². The van der Waals surface area contributed by atoms with Crippen LogP contribution in [0.5, 0.6) is 17.5 Å². The van der Waals surface area contributed by atoms with E-state index in [4.69, 9.17) is 14.6 Å². The molecule has 0 spiro atoms. The molecule has 0 atom stereocenters. The standard InChI is InChI=1S/C14H12FNO4/c1-2-19-12-4-3-5-13(16-12)20-9-6-7-10(14(17)18)11(15)8-9/h3-8H,2H2,1H3,(H,17,18). The number of hydrogen-bond donors (Lipinski definition) is 1. The summed E-state index contributed by atoms with van der Waals surface area (Å²) >= 11 is 0. The summed E-state index contributed by atoms with van der Waals surface area (Å²) in [5, 5.41) is 8.73. The lowest BCUT2D eigenvalue weighted by molar-refractivity contribution is 0.0692. The van der Waals surface area contributed by atoms with Crippen LogP contribution in [0.2, 0.25) is 0 Å². The molecule has 0 saturated carbocycles. The number of carboxylic acids is 1. The number of carbonyl (C=O) groups is 1. The molecule has 104 valence electrons. The second-order valence-corrected chi connectivity index (χ2v) is 3.80. The number of pyridine rings is 1. The molecule has 2 rings (SSSR count). The molecule has 0 saturated heterocycles. The number of benzene rings is 1. The minimum Gasteiger partial charge on any atom is -0.478 e. The maximum atomic E-state index is 13.5. The van der Waals surface area contributed by atoms with Gasteiger partial charge in [-0.15, -0.1) is 0 Å². The van der Waals surface area contributed by atoms with Crippen LogP contribution in [0.4, 0.5) is 4.39 Å². The maximum absolute atomic E-state index is 13.5. The summed E-state index contributed by atoms with van der Waals surface area (Å²) in [7, 11) is 0. The van der Waals surface area contributed by atoms with Crippen molar-refractivity contribution >= 4 is 5.97 Å². The van der Waals surface area contributed by atoms with Gasteiger partial charge in [0.05, 0.1) is 12.2 Å². The molecule has 1 aromatic carbocycles. The van der Waals surface area contributed by atoms with Crippen molar-refractivity contribution in [3.63, 3.8) is 0 Å². The fourth-order valence-electron chi connectivity index (χ4n) is 1.53. The molecule has 0 fully saturated rings. The van der Waals surface area contributed by atoms with E-state index >= 15 is 0 Å². The molecule has 0 bridgehead atoms. The number of nitrogens with zero attached hydrogens (tertiary/aromatic N) is 1. The number of aromatic carboxylic acids is 1. The Morgan fingerprint density at radius 2 is 2.05 bits per heavy atom. The zero-order chi connectivity index (χ0) is 14.5. The van der Waals surface area contributed by atoms with E-state index in [-0.39, 0.29) is 11.6 Å². The van der Waals surface area contributed by atoms with Gasteiger partial charge in [0.2, 0.25) is 11.8 Å². The van der Waals surface area contributed by atoms with Crippen molar-refractivity contribution in [2.75, 3.05) is 6.61 Å². The van der Waals surface area contributed by atoms with Crippen LogP contribution in [0.3, 0.4) is 0 Å². The zero-order valence-corrected chi connectivity index (χ0v) is 10.7. The summed E-state index contributed by atoms with van der Waals surface area (Å²) in [5.74, 6) is -1.40. The third-order valence-electron chi connectivity index (χ3n) is 2.38. The fourth-order valence-corrected chi connectivity index (χ4v) is 1.53. The molecule has 0 radical (unpaired) electrons. The van der Waals surface area contributed by atoms with Gasteiger partial charge in [-0.3, -0.25) is 0 Å². The molecular weight excluding hydrogens is 265 g/mol. The second kappa shape index (κ2) is 6.01. The highest BCUT2D eigenvalue weighted by Crippen LogP contribution is 2.23. The van der Waals surface area contributed by atoms with Crippen molar-refractivity contribution in [1.82, 2.24) is 4.98 Å². The van der Waals surface area contributed by atoms with E-state index in [1.807, 2.05) is 6.92 Å². The van der Waals surface area contributed by atoms with Crippen molar-refractivity contribution in [3.8, 4) is 17.5 Å². The first-order chi connectivity index (χ1) is 9.60. The normalized spacial score (nSPS) is 10.1. The van der Waals surface area contributed by atoms with Crippen LogP contribution in [0.25, 0.3) is 0 Å². The van der Waals surface area contributed by atoms with Crippen LogP contribution in [-0.2, 0) is 0 Å². The lowest BCUT2D eigenvalue weighted by Gasteiger charge is -2.07. The molecule has 20 heavy (non-hydrogen) atoms. The molecule has 1 N–H and O–H groups in total. The van der Waals surface area contributed by atoms with Gasteiger partial charge in [-0.2, -0.15) is 4.98 Å². The molecule has 0 aliphatic heterocycles. The highest BCUT2D eigenvalue weighted by Gasteiger charge is 2.11. The lowest BCUT2D eigenvalue weighted by atomic mass is 10.2. The van der Waals surface area contributed by atoms with Gasteiger partial charge in [0.25, 0.3) is 0 Å². The molecule has 6 heteroatoms. The monoisotopic (exact) mass is 277 g/mol. The van der Waals surface area contributed by atoms with Crippen LogP contribution in [0.1, 0.15) is 17.3 Å². The highest BCUT2D eigenvalue weighted by atomic mass is 19.1. The summed E-state index contributed by atoms with van der Waals surface area (Å²) in [6.07, 6.45) is 0. The SMILES string of the molecule is CCOc1cccc(Oc2ccc(C(=O)O)c(F)c2)n1. The van der Waals surface area contributed by atoms with E-state index in [0.29, 0.717) is 12.5 Å². The van der Waals surface area contributed by atoms with Gasteiger partial charge >= 0.3 is 5.97 Å². The number of rotatable bonds is 5. The van der Waals surface area contributed by atoms with Gasteiger partial charge in [0.15, 0.2) is 0 Å². The second-order valence-electron chi connectivity index (χ2n) is 3.80. The Bertz CT molecular complexity index is 630. The van der Waals surface area contributed by atoms with E-state index in [1.54, 1.807) is 18.2 Å². The first kappa shape index (κ1) is 13.8. The topological polar surface area (TPSA) is 68.7 Å². The predicted octanol–water partition coefficient (Wildman–Crippen LogP) is 3.11. The zero-order valence-electron chi connectivity index (χ0n) is 10.7. The van der Waals surface area contributed by atoms with E-state index in [9.17, 15) is 9.18 Å². The van der Waals surface area contributed by atoms with Crippen molar-refractivity contribution in [2.45, 2.75) is 6.92 Å². The number of halogens is 1. The predicted molar refractivity (Wildman–Crippen MR) is 68.8 cm³/mol. The van der Waals surface area contributed by atoms with Crippen LogP contribution in [0, 0.1) is 5.82 Å². The Balaban J connectivity index is 2.19. The molecule has 0 amide bonds. The first-order valence-corrected chi connectivity index (χ1v) is 5.90. The number of aromatic nitrogens is 1. The molecule has 5 nitrogen and oxygen atoms in total. The Morgan fingerprint density at radius 1 is 1.30 bits per heavy atom. The lowest BCUT2D eigenvalue weighted by Crippen LogP contribution is -2.00. The molecule has 1 heterocycles. The van der Waals surface area contributed by atoms with Crippen LogP contribution in [-0.4, -0.2) is 22.7 Å².